The lowest BCUT2D eigenvalue weighted by atomic mass is 10.0. The van der Waals surface area contributed by atoms with E-state index in [4.69, 9.17) is 10.00 Å². The molecule has 106 valence electrons. The van der Waals surface area contributed by atoms with Gasteiger partial charge in [0.15, 0.2) is 5.75 Å². The van der Waals surface area contributed by atoms with Gasteiger partial charge < -0.3 is 9.84 Å². The molecule has 0 saturated heterocycles. The predicted molar refractivity (Wildman–Crippen MR) is 73.9 cm³/mol. The first-order valence-electron chi connectivity index (χ1n) is 6.07. The summed E-state index contributed by atoms with van der Waals surface area (Å²) in [6.07, 6.45) is 1.48. The Balaban J connectivity index is 2.51. The van der Waals surface area contributed by atoms with Gasteiger partial charge in [0, 0.05) is 29.5 Å². The number of ether oxygens (including phenoxy) is 1. The Hall–Kier alpha value is -3.14. The molecule has 0 bridgehead atoms. The zero-order valence-electron chi connectivity index (χ0n) is 11.1. The normalized spacial score (nSPS) is 9.90. The van der Waals surface area contributed by atoms with Crippen LogP contribution in [0.3, 0.4) is 0 Å². The molecule has 0 aliphatic carbocycles. The molecule has 1 heterocycles. The van der Waals surface area contributed by atoms with E-state index in [1.54, 1.807) is 12.1 Å². The van der Waals surface area contributed by atoms with Crippen LogP contribution in [0.4, 0.5) is 5.69 Å². The van der Waals surface area contributed by atoms with Crippen molar-refractivity contribution in [3.8, 4) is 28.8 Å². The molecular formula is C14H11N3O4. The van der Waals surface area contributed by atoms with Crippen molar-refractivity contribution >= 4 is 5.69 Å². The quantitative estimate of drug-likeness (QED) is 0.683. The molecule has 0 radical (unpaired) electrons. The Morgan fingerprint density at radius 3 is 2.76 bits per heavy atom. The van der Waals surface area contributed by atoms with Crippen LogP contribution in [-0.4, -0.2) is 21.6 Å². The van der Waals surface area contributed by atoms with Gasteiger partial charge in [0.1, 0.15) is 6.07 Å². The van der Waals surface area contributed by atoms with E-state index >= 15 is 0 Å². The molecule has 0 aliphatic rings. The number of nitro groups is 1. The second-order valence-corrected chi connectivity index (χ2v) is 4.07. The van der Waals surface area contributed by atoms with Gasteiger partial charge in [-0.3, -0.25) is 10.1 Å². The number of nitriles is 1. The molecule has 7 nitrogen and oxygen atoms in total. The molecule has 0 aliphatic heterocycles. The molecule has 0 atom stereocenters. The summed E-state index contributed by atoms with van der Waals surface area (Å²) in [5, 5.41) is 29.6. The van der Waals surface area contributed by atoms with Crippen LogP contribution in [0.25, 0.3) is 11.1 Å². The van der Waals surface area contributed by atoms with Crippen molar-refractivity contribution in [3.63, 3.8) is 0 Å². The molecule has 1 aromatic heterocycles. The first-order valence-corrected chi connectivity index (χ1v) is 6.07. The third kappa shape index (κ3) is 2.90. The van der Waals surface area contributed by atoms with Crippen molar-refractivity contribution in [2.24, 2.45) is 0 Å². The van der Waals surface area contributed by atoms with Crippen LogP contribution in [0, 0.1) is 21.4 Å². The summed E-state index contributed by atoms with van der Waals surface area (Å²) in [4.78, 5) is 14.1. The zero-order valence-corrected chi connectivity index (χ0v) is 11.1. The Bertz CT molecular complexity index is 720. The van der Waals surface area contributed by atoms with E-state index in [9.17, 15) is 15.2 Å². The summed E-state index contributed by atoms with van der Waals surface area (Å²) < 4.78 is 5.21. The first kappa shape index (κ1) is 14.3. The molecule has 1 N–H and O–H groups in total. The number of rotatable bonds is 4. The minimum atomic E-state index is -0.740. The summed E-state index contributed by atoms with van der Waals surface area (Å²) in [5.41, 5.74) is 0.510. The first-order chi connectivity index (χ1) is 10.1. The van der Waals surface area contributed by atoms with Crippen molar-refractivity contribution < 1.29 is 14.8 Å². The molecule has 1 aromatic carbocycles. The maximum atomic E-state index is 10.8. The lowest BCUT2D eigenvalue weighted by Gasteiger charge is -2.07. The summed E-state index contributed by atoms with van der Waals surface area (Å²) in [7, 11) is 0. The van der Waals surface area contributed by atoms with Crippen molar-refractivity contribution in [2.45, 2.75) is 6.92 Å². The number of aromatic nitrogens is 1. The van der Waals surface area contributed by atoms with Crippen LogP contribution < -0.4 is 4.74 Å². The van der Waals surface area contributed by atoms with Crippen LogP contribution in [0.5, 0.6) is 11.6 Å². The summed E-state index contributed by atoms with van der Waals surface area (Å²) in [6.45, 7) is 2.31. The van der Waals surface area contributed by atoms with Gasteiger partial charge in [0.05, 0.1) is 17.1 Å². The average molecular weight is 285 g/mol. The maximum Gasteiger partial charge on any atom is 0.312 e. The van der Waals surface area contributed by atoms with Gasteiger partial charge in [0.2, 0.25) is 5.88 Å². The van der Waals surface area contributed by atoms with E-state index < -0.39 is 16.4 Å². The minimum Gasteiger partial charge on any atom is -0.502 e. The van der Waals surface area contributed by atoms with Gasteiger partial charge in [-0.05, 0) is 19.1 Å². The van der Waals surface area contributed by atoms with Crippen LogP contribution in [0.1, 0.15) is 12.5 Å². The van der Waals surface area contributed by atoms with E-state index in [1.807, 2.05) is 13.0 Å². The summed E-state index contributed by atoms with van der Waals surface area (Å²) >= 11 is 0. The van der Waals surface area contributed by atoms with Crippen molar-refractivity contribution in [3.05, 3.63) is 46.1 Å². The maximum absolute atomic E-state index is 10.8. The van der Waals surface area contributed by atoms with Gasteiger partial charge in [-0.25, -0.2) is 4.98 Å². The topological polar surface area (TPSA) is 109 Å². The third-order valence-corrected chi connectivity index (χ3v) is 2.77. The second kappa shape index (κ2) is 5.88. The Labute approximate surface area is 120 Å². The van der Waals surface area contributed by atoms with E-state index in [1.165, 1.54) is 12.3 Å². The second-order valence-electron chi connectivity index (χ2n) is 4.07. The van der Waals surface area contributed by atoms with Gasteiger partial charge >= 0.3 is 5.69 Å². The zero-order chi connectivity index (χ0) is 15.4. The highest BCUT2D eigenvalue weighted by molar-refractivity contribution is 5.74. The largest absolute Gasteiger partial charge is 0.502 e. The van der Waals surface area contributed by atoms with Gasteiger partial charge in [0.25, 0.3) is 0 Å². The highest BCUT2D eigenvalue weighted by Crippen LogP contribution is 2.34. The number of nitrogens with zero attached hydrogens (tertiary/aromatic N) is 3. The number of aromatic hydroxyl groups is 1. The number of hydrogen-bond donors (Lipinski definition) is 1. The van der Waals surface area contributed by atoms with Crippen LogP contribution in [0.2, 0.25) is 0 Å². The van der Waals surface area contributed by atoms with E-state index in [2.05, 4.69) is 4.98 Å². The molecule has 0 spiro atoms. The molecule has 2 rings (SSSR count). The standard InChI is InChI=1S/C14H11N3O4/c1-2-21-14-4-3-9(8-16-14)11-6-13(18)12(17(19)20)5-10(11)7-15/h3-6,8,18H,2H2,1H3. The monoisotopic (exact) mass is 285 g/mol. The van der Waals surface area contributed by atoms with E-state index in [0.29, 0.717) is 23.6 Å². The number of hydrogen-bond acceptors (Lipinski definition) is 6. The fraction of sp³-hybridized carbons (Fsp3) is 0.143. The van der Waals surface area contributed by atoms with Gasteiger partial charge in [-0.15, -0.1) is 0 Å². The average Bonchev–Trinajstić information content (AvgIpc) is 2.48. The fourth-order valence-corrected chi connectivity index (χ4v) is 1.83. The van der Waals surface area contributed by atoms with Gasteiger partial charge in [-0.2, -0.15) is 5.26 Å². The molecule has 7 heteroatoms. The number of benzene rings is 1. The molecule has 2 aromatic rings. The molecule has 0 amide bonds. The Kier molecular flexibility index (Phi) is 4.00. The van der Waals surface area contributed by atoms with E-state index in [-0.39, 0.29) is 5.56 Å². The molecular weight excluding hydrogens is 274 g/mol. The van der Waals surface area contributed by atoms with Crippen LogP contribution in [0.15, 0.2) is 30.5 Å². The predicted octanol–water partition coefficient (Wildman–Crippen LogP) is 2.63. The SMILES string of the molecule is CCOc1ccc(-c2cc(O)c([N+](=O)[O-])cc2C#N)cn1. The highest BCUT2D eigenvalue weighted by Gasteiger charge is 2.18. The van der Waals surface area contributed by atoms with Crippen LogP contribution >= 0.6 is 0 Å². The lowest BCUT2D eigenvalue weighted by Crippen LogP contribution is -1.95. The molecule has 0 unspecified atom stereocenters. The van der Waals surface area contributed by atoms with E-state index in [0.717, 1.165) is 6.07 Å². The van der Waals surface area contributed by atoms with Crippen molar-refractivity contribution in [1.29, 1.82) is 5.26 Å². The Morgan fingerprint density at radius 1 is 1.48 bits per heavy atom. The number of pyridine rings is 1. The smallest absolute Gasteiger partial charge is 0.312 e. The summed E-state index contributed by atoms with van der Waals surface area (Å²) in [6, 6.07) is 7.40. The lowest BCUT2D eigenvalue weighted by molar-refractivity contribution is -0.385. The van der Waals surface area contributed by atoms with Crippen LogP contribution in [-0.2, 0) is 0 Å². The number of phenolic OH excluding ortho intramolecular Hbond substituents is 1. The minimum absolute atomic E-state index is 0.0884. The fourth-order valence-electron chi connectivity index (χ4n) is 1.83. The molecule has 0 fully saturated rings. The summed E-state index contributed by atoms with van der Waals surface area (Å²) in [5.74, 6) is -0.0613. The highest BCUT2D eigenvalue weighted by atomic mass is 16.6. The number of phenols is 1. The van der Waals surface area contributed by atoms with Crippen molar-refractivity contribution in [2.75, 3.05) is 6.61 Å². The Morgan fingerprint density at radius 2 is 2.24 bits per heavy atom. The third-order valence-electron chi connectivity index (χ3n) is 2.77. The number of nitro benzene ring substituents is 1. The molecule has 21 heavy (non-hydrogen) atoms. The van der Waals surface area contributed by atoms with Gasteiger partial charge in [-0.1, -0.05) is 0 Å². The van der Waals surface area contributed by atoms with Crippen molar-refractivity contribution in [1.82, 2.24) is 4.98 Å². The molecule has 0 saturated carbocycles.